The lowest BCUT2D eigenvalue weighted by molar-refractivity contribution is -0.137. The predicted molar refractivity (Wildman–Crippen MR) is 59.2 cm³/mol. The molecule has 0 spiro atoms. The topological polar surface area (TPSA) is 46.2 Å². The SMILES string of the molecule is CC.CCCC(CC)NC(=O)C(C)=O. The second kappa shape index (κ2) is 10.2. The first-order valence-corrected chi connectivity index (χ1v) is 5.43. The summed E-state index contributed by atoms with van der Waals surface area (Å²) in [6.45, 7) is 9.34. The van der Waals surface area contributed by atoms with E-state index in [-0.39, 0.29) is 6.04 Å². The van der Waals surface area contributed by atoms with Crippen molar-refractivity contribution in [1.29, 1.82) is 0 Å². The van der Waals surface area contributed by atoms with Gasteiger partial charge in [0.1, 0.15) is 0 Å². The summed E-state index contributed by atoms with van der Waals surface area (Å²) in [5, 5.41) is 2.68. The molecule has 0 aromatic heterocycles. The van der Waals surface area contributed by atoms with E-state index in [9.17, 15) is 9.59 Å². The highest BCUT2D eigenvalue weighted by Crippen LogP contribution is 2.00. The first-order valence-electron chi connectivity index (χ1n) is 5.43. The fraction of sp³-hybridized carbons (Fsp3) is 0.818. The van der Waals surface area contributed by atoms with Gasteiger partial charge in [0.2, 0.25) is 5.78 Å². The fourth-order valence-electron chi connectivity index (χ4n) is 1.01. The van der Waals surface area contributed by atoms with Crippen LogP contribution in [0.2, 0.25) is 0 Å². The Bertz CT molecular complexity index is 167. The second-order valence-corrected chi connectivity index (χ2v) is 2.92. The zero-order valence-corrected chi connectivity index (χ0v) is 10.0. The minimum Gasteiger partial charge on any atom is -0.347 e. The Kier molecular flexibility index (Phi) is 11.4. The van der Waals surface area contributed by atoms with Gasteiger partial charge in [-0.05, 0) is 12.8 Å². The first-order chi connectivity index (χ1) is 6.61. The molecule has 3 heteroatoms. The molecular formula is C11H23NO2. The molecule has 0 bridgehead atoms. The van der Waals surface area contributed by atoms with Crippen LogP contribution in [0.3, 0.4) is 0 Å². The number of Topliss-reactive ketones (excluding diaryl/α,β-unsaturated/α-hetero) is 1. The third-order valence-corrected chi connectivity index (χ3v) is 1.78. The Morgan fingerprint density at radius 1 is 1.21 bits per heavy atom. The Morgan fingerprint density at radius 2 is 1.71 bits per heavy atom. The van der Waals surface area contributed by atoms with Crippen molar-refractivity contribution in [2.45, 2.75) is 59.9 Å². The molecule has 0 saturated heterocycles. The average molecular weight is 201 g/mol. The maximum absolute atomic E-state index is 10.9. The third kappa shape index (κ3) is 7.77. The molecule has 0 heterocycles. The van der Waals surface area contributed by atoms with Gasteiger partial charge in [0.15, 0.2) is 0 Å². The maximum atomic E-state index is 10.9. The summed E-state index contributed by atoms with van der Waals surface area (Å²) < 4.78 is 0. The highest BCUT2D eigenvalue weighted by Gasteiger charge is 2.12. The zero-order valence-electron chi connectivity index (χ0n) is 10.0. The molecule has 1 unspecified atom stereocenters. The molecule has 0 rings (SSSR count). The highest BCUT2D eigenvalue weighted by atomic mass is 16.2. The molecule has 1 N–H and O–H groups in total. The lowest BCUT2D eigenvalue weighted by atomic mass is 10.1. The van der Waals surface area contributed by atoms with Crippen LogP contribution in [0.5, 0.6) is 0 Å². The van der Waals surface area contributed by atoms with Gasteiger partial charge in [-0.1, -0.05) is 34.1 Å². The minimum absolute atomic E-state index is 0.159. The largest absolute Gasteiger partial charge is 0.347 e. The Morgan fingerprint density at radius 3 is 2.00 bits per heavy atom. The van der Waals surface area contributed by atoms with Crippen molar-refractivity contribution >= 4 is 11.7 Å². The van der Waals surface area contributed by atoms with Crippen LogP contribution in [0, 0.1) is 0 Å². The second-order valence-electron chi connectivity index (χ2n) is 2.92. The Hall–Kier alpha value is -0.860. The van der Waals surface area contributed by atoms with Gasteiger partial charge >= 0.3 is 0 Å². The molecule has 1 amide bonds. The van der Waals surface area contributed by atoms with Crippen molar-refractivity contribution in [3.8, 4) is 0 Å². The van der Waals surface area contributed by atoms with Crippen LogP contribution in [0.4, 0.5) is 0 Å². The Labute approximate surface area is 87.3 Å². The van der Waals surface area contributed by atoms with Crippen molar-refractivity contribution in [1.82, 2.24) is 5.32 Å². The van der Waals surface area contributed by atoms with Gasteiger partial charge in [-0.3, -0.25) is 9.59 Å². The van der Waals surface area contributed by atoms with Crippen molar-refractivity contribution in [3.63, 3.8) is 0 Å². The van der Waals surface area contributed by atoms with E-state index in [0.717, 1.165) is 19.3 Å². The molecule has 0 saturated carbocycles. The number of carbonyl (C=O) groups excluding carboxylic acids is 2. The number of hydrogen-bond donors (Lipinski definition) is 1. The average Bonchev–Trinajstić information content (AvgIpc) is 2.19. The highest BCUT2D eigenvalue weighted by molar-refractivity contribution is 6.35. The molecule has 0 aliphatic carbocycles. The van der Waals surface area contributed by atoms with E-state index in [4.69, 9.17) is 0 Å². The van der Waals surface area contributed by atoms with Gasteiger partial charge < -0.3 is 5.32 Å². The van der Waals surface area contributed by atoms with Crippen molar-refractivity contribution in [2.24, 2.45) is 0 Å². The number of hydrogen-bond acceptors (Lipinski definition) is 2. The summed E-state index contributed by atoms with van der Waals surface area (Å²) in [7, 11) is 0. The molecule has 14 heavy (non-hydrogen) atoms. The Balaban J connectivity index is 0. The number of amides is 1. The lowest BCUT2D eigenvalue weighted by Gasteiger charge is -2.14. The molecular weight excluding hydrogens is 178 g/mol. The van der Waals surface area contributed by atoms with Crippen LogP contribution in [0.25, 0.3) is 0 Å². The molecule has 1 atom stereocenters. The summed E-state index contributed by atoms with van der Waals surface area (Å²) in [6.07, 6.45) is 2.85. The number of carbonyl (C=O) groups is 2. The number of rotatable bonds is 5. The van der Waals surface area contributed by atoms with Crippen molar-refractivity contribution < 1.29 is 9.59 Å². The molecule has 0 fully saturated rings. The van der Waals surface area contributed by atoms with Crippen LogP contribution in [0.1, 0.15) is 53.9 Å². The zero-order chi connectivity index (χ0) is 11.6. The third-order valence-electron chi connectivity index (χ3n) is 1.78. The van der Waals surface area contributed by atoms with E-state index in [0.29, 0.717) is 0 Å². The first kappa shape index (κ1) is 15.6. The molecule has 3 nitrogen and oxygen atoms in total. The van der Waals surface area contributed by atoms with Gasteiger partial charge in [-0.25, -0.2) is 0 Å². The summed E-state index contributed by atoms with van der Waals surface area (Å²) in [5.74, 6) is -0.875. The normalized spacial score (nSPS) is 10.9. The molecule has 0 radical (unpaired) electrons. The molecule has 0 aliphatic heterocycles. The smallest absolute Gasteiger partial charge is 0.287 e. The molecule has 0 aromatic carbocycles. The standard InChI is InChI=1S/C9H17NO2.C2H6/c1-4-6-8(5-2)10-9(12)7(3)11;1-2/h8H,4-6H2,1-3H3,(H,10,12);1-2H3. The van der Waals surface area contributed by atoms with E-state index in [2.05, 4.69) is 12.2 Å². The predicted octanol–water partition coefficient (Wildman–Crippen LogP) is 2.30. The molecule has 0 aromatic rings. The van der Waals surface area contributed by atoms with E-state index in [1.165, 1.54) is 6.92 Å². The molecule has 84 valence electrons. The van der Waals surface area contributed by atoms with Gasteiger partial charge in [-0.15, -0.1) is 0 Å². The van der Waals surface area contributed by atoms with Gasteiger partial charge in [0.25, 0.3) is 5.91 Å². The van der Waals surface area contributed by atoms with E-state index in [1.807, 2.05) is 20.8 Å². The van der Waals surface area contributed by atoms with E-state index in [1.54, 1.807) is 0 Å². The van der Waals surface area contributed by atoms with Gasteiger partial charge in [0.05, 0.1) is 0 Å². The van der Waals surface area contributed by atoms with Gasteiger partial charge in [-0.2, -0.15) is 0 Å². The van der Waals surface area contributed by atoms with Crippen LogP contribution >= 0.6 is 0 Å². The summed E-state index contributed by atoms with van der Waals surface area (Å²) >= 11 is 0. The monoisotopic (exact) mass is 201 g/mol. The van der Waals surface area contributed by atoms with Crippen LogP contribution in [0.15, 0.2) is 0 Å². The van der Waals surface area contributed by atoms with Crippen LogP contribution in [-0.4, -0.2) is 17.7 Å². The quantitative estimate of drug-likeness (QED) is 0.694. The summed E-state index contributed by atoms with van der Waals surface area (Å²) in [6, 6.07) is 0.159. The van der Waals surface area contributed by atoms with Crippen molar-refractivity contribution in [2.75, 3.05) is 0 Å². The number of nitrogens with one attached hydrogen (secondary N) is 1. The summed E-state index contributed by atoms with van der Waals surface area (Å²) in [4.78, 5) is 21.5. The number of ketones is 1. The van der Waals surface area contributed by atoms with Gasteiger partial charge in [0, 0.05) is 13.0 Å². The lowest BCUT2D eigenvalue weighted by Crippen LogP contribution is -2.37. The van der Waals surface area contributed by atoms with Crippen molar-refractivity contribution in [3.05, 3.63) is 0 Å². The fourth-order valence-corrected chi connectivity index (χ4v) is 1.01. The van der Waals surface area contributed by atoms with E-state index >= 15 is 0 Å². The summed E-state index contributed by atoms with van der Waals surface area (Å²) in [5.41, 5.74) is 0. The minimum atomic E-state index is -0.463. The van der Waals surface area contributed by atoms with Crippen LogP contribution in [-0.2, 0) is 9.59 Å². The molecule has 0 aliphatic rings. The van der Waals surface area contributed by atoms with E-state index < -0.39 is 11.7 Å². The maximum Gasteiger partial charge on any atom is 0.287 e. The van der Waals surface area contributed by atoms with Crippen LogP contribution < -0.4 is 5.32 Å².